The molecule has 6 heteroatoms. The van der Waals surface area contributed by atoms with Gasteiger partial charge in [0.25, 0.3) is 0 Å². The molecule has 0 saturated carbocycles. The monoisotopic (exact) mass is 960 g/mol. The lowest BCUT2D eigenvalue weighted by molar-refractivity contribution is -0.143. The summed E-state index contributed by atoms with van der Waals surface area (Å²) in [5.41, 5.74) is 0. The van der Waals surface area contributed by atoms with Crippen molar-refractivity contribution in [3.63, 3.8) is 0 Å². The first-order chi connectivity index (χ1) is 33.5. The van der Waals surface area contributed by atoms with Gasteiger partial charge in [-0.3, -0.25) is 9.59 Å². The number of nitrogens with one attached hydrogen (secondary N) is 1. The highest BCUT2D eigenvalue weighted by Crippen LogP contribution is 2.18. The van der Waals surface area contributed by atoms with Gasteiger partial charge >= 0.3 is 5.97 Å². The second kappa shape index (κ2) is 58.2. The summed E-state index contributed by atoms with van der Waals surface area (Å²) in [4.78, 5) is 24.5. The highest BCUT2D eigenvalue weighted by Gasteiger charge is 2.18. The molecule has 0 radical (unpaired) electrons. The Kier molecular flexibility index (Phi) is 57.0. The molecule has 0 aromatic heterocycles. The standard InChI is InChI=1S/C62H121NO5/c1-3-5-7-9-11-13-15-16-17-30-33-36-40-44-48-52-56-62(67)68-57-53-49-45-41-37-34-31-28-26-24-22-20-18-19-21-23-25-27-29-32-35-39-43-47-51-55-61(66)63-59(58-64)60(65)54-50-46-42-38-14-12-10-8-6-4-2/h50,54,59-60,64-65H,3-49,51-53,55-58H2,1-2H3,(H,63,66)/b54-50+. The van der Waals surface area contributed by atoms with Gasteiger partial charge in [0.05, 0.1) is 25.4 Å². The van der Waals surface area contributed by atoms with Gasteiger partial charge in [-0.05, 0) is 32.1 Å². The third kappa shape index (κ3) is 53.9. The highest BCUT2D eigenvalue weighted by atomic mass is 16.5. The molecule has 0 aromatic carbocycles. The largest absolute Gasteiger partial charge is 0.466 e. The SMILES string of the molecule is CCCCCCCCCC/C=C/C(O)C(CO)NC(=O)CCCCCCCCCCCCCCCCCCCCCCCCCCCOC(=O)CCCCCCCCCCCCCCCCCC. The van der Waals surface area contributed by atoms with Crippen molar-refractivity contribution in [1.29, 1.82) is 0 Å². The molecule has 3 N–H and O–H groups in total. The van der Waals surface area contributed by atoms with Gasteiger partial charge in [-0.1, -0.05) is 315 Å². The van der Waals surface area contributed by atoms with E-state index in [1.165, 1.54) is 283 Å². The van der Waals surface area contributed by atoms with E-state index in [2.05, 4.69) is 19.2 Å². The van der Waals surface area contributed by atoms with Gasteiger partial charge in [-0.2, -0.15) is 0 Å². The molecule has 2 unspecified atom stereocenters. The zero-order valence-electron chi connectivity index (χ0n) is 46.1. The minimum absolute atomic E-state index is 0.0198. The van der Waals surface area contributed by atoms with Crippen LogP contribution < -0.4 is 5.32 Å². The average Bonchev–Trinajstić information content (AvgIpc) is 3.34. The number of aliphatic hydroxyl groups is 2. The predicted octanol–water partition coefficient (Wildman–Crippen LogP) is 19.2. The summed E-state index contributed by atoms with van der Waals surface area (Å²) in [6.07, 6.45) is 69.8. The molecule has 0 aromatic rings. The molecule has 0 aliphatic heterocycles. The molecule has 68 heavy (non-hydrogen) atoms. The average molecular weight is 961 g/mol. The van der Waals surface area contributed by atoms with Crippen LogP contribution in [-0.2, 0) is 14.3 Å². The summed E-state index contributed by atoms with van der Waals surface area (Å²) >= 11 is 0. The van der Waals surface area contributed by atoms with Crippen LogP contribution >= 0.6 is 0 Å². The molecular weight excluding hydrogens is 839 g/mol. The molecule has 0 aliphatic carbocycles. The Bertz CT molecular complexity index is 1020. The van der Waals surface area contributed by atoms with E-state index < -0.39 is 12.1 Å². The zero-order chi connectivity index (χ0) is 49.3. The summed E-state index contributed by atoms with van der Waals surface area (Å²) in [5.74, 6) is -0.0469. The van der Waals surface area contributed by atoms with Gasteiger partial charge in [0.15, 0.2) is 0 Å². The highest BCUT2D eigenvalue weighted by molar-refractivity contribution is 5.76. The van der Waals surface area contributed by atoms with Crippen molar-refractivity contribution in [2.75, 3.05) is 13.2 Å². The number of aliphatic hydroxyl groups excluding tert-OH is 2. The number of amides is 1. The molecule has 0 saturated heterocycles. The van der Waals surface area contributed by atoms with E-state index in [9.17, 15) is 19.8 Å². The number of hydrogen-bond acceptors (Lipinski definition) is 5. The summed E-state index contributed by atoms with van der Waals surface area (Å²) in [7, 11) is 0. The van der Waals surface area contributed by atoms with Crippen LogP contribution in [0.25, 0.3) is 0 Å². The Hall–Kier alpha value is -1.40. The van der Waals surface area contributed by atoms with E-state index in [0.29, 0.717) is 19.4 Å². The fourth-order valence-electron chi connectivity index (χ4n) is 9.81. The van der Waals surface area contributed by atoms with Crippen molar-refractivity contribution in [2.45, 2.75) is 360 Å². The van der Waals surface area contributed by atoms with E-state index >= 15 is 0 Å². The second-order valence-corrected chi connectivity index (χ2v) is 21.4. The zero-order valence-corrected chi connectivity index (χ0v) is 46.1. The Morgan fingerprint density at radius 2 is 0.676 bits per heavy atom. The Balaban J connectivity index is 3.32. The molecular formula is C62H121NO5. The van der Waals surface area contributed by atoms with Gasteiger partial charge in [-0.25, -0.2) is 0 Å². The molecule has 0 heterocycles. The maximum Gasteiger partial charge on any atom is 0.305 e. The van der Waals surface area contributed by atoms with Crippen LogP contribution in [0.15, 0.2) is 12.2 Å². The number of ether oxygens (including phenoxy) is 1. The number of hydrogen-bond donors (Lipinski definition) is 3. The minimum Gasteiger partial charge on any atom is -0.466 e. The van der Waals surface area contributed by atoms with Crippen LogP contribution in [0.4, 0.5) is 0 Å². The molecule has 0 rings (SSSR count). The van der Waals surface area contributed by atoms with E-state index in [0.717, 1.165) is 38.5 Å². The third-order valence-electron chi connectivity index (χ3n) is 14.6. The lowest BCUT2D eigenvalue weighted by atomic mass is 10.0. The summed E-state index contributed by atoms with van der Waals surface area (Å²) in [6, 6.07) is -0.624. The molecule has 2 atom stereocenters. The van der Waals surface area contributed by atoms with Gasteiger partial charge < -0.3 is 20.3 Å². The van der Waals surface area contributed by atoms with Crippen molar-refractivity contribution in [1.82, 2.24) is 5.32 Å². The third-order valence-corrected chi connectivity index (χ3v) is 14.6. The Morgan fingerprint density at radius 3 is 1.00 bits per heavy atom. The van der Waals surface area contributed by atoms with Crippen LogP contribution in [0.5, 0.6) is 0 Å². The van der Waals surface area contributed by atoms with Crippen molar-refractivity contribution in [2.24, 2.45) is 0 Å². The molecule has 404 valence electrons. The molecule has 6 nitrogen and oxygen atoms in total. The lowest BCUT2D eigenvalue weighted by Gasteiger charge is -2.20. The first-order valence-corrected chi connectivity index (χ1v) is 31.0. The maximum atomic E-state index is 12.4. The lowest BCUT2D eigenvalue weighted by Crippen LogP contribution is -2.45. The van der Waals surface area contributed by atoms with Crippen molar-refractivity contribution in [3.05, 3.63) is 12.2 Å². The number of esters is 1. The topological polar surface area (TPSA) is 95.9 Å². The van der Waals surface area contributed by atoms with Crippen LogP contribution in [0.3, 0.4) is 0 Å². The number of carbonyl (C=O) groups is 2. The maximum absolute atomic E-state index is 12.4. The van der Waals surface area contributed by atoms with E-state index in [1.54, 1.807) is 6.08 Å². The molecule has 0 aliphatic rings. The summed E-state index contributed by atoms with van der Waals surface area (Å²) < 4.78 is 5.50. The van der Waals surface area contributed by atoms with Crippen LogP contribution in [0.2, 0.25) is 0 Å². The fourth-order valence-corrected chi connectivity index (χ4v) is 9.81. The molecule has 0 spiro atoms. The molecule has 1 amide bonds. The first-order valence-electron chi connectivity index (χ1n) is 31.0. The van der Waals surface area contributed by atoms with Gasteiger partial charge in [0, 0.05) is 12.8 Å². The fraction of sp³-hybridized carbons (Fsp3) is 0.935. The minimum atomic E-state index is -0.840. The predicted molar refractivity (Wildman–Crippen MR) is 297 cm³/mol. The van der Waals surface area contributed by atoms with Gasteiger partial charge in [-0.15, -0.1) is 0 Å². The van der Waals surface area contributed by atoms with E-state index in [4.69, 9.17) is 4.74 Å². The van der Waals surface area contributed by atoms with Crippen LogP contribution in [0, 0.1) is 0 Å². The first kappa shape index (κ1) is 66.6. The quantitative estimate of drug-likeness (QED) is 0.0321. The number of unbranched alkanes of at least 4 members (excludes halogenated alkanes) is 47. The van der Waals surface area contributed by atoms with Crippen molar-refractivity contribution >= 4 is 11.9 Å². The van der Waals surface area contributed by atoms with E-state index in [-0.39, 0.29) is 18.5 Å². The Morgan fingerprint density at radius 1 is 0.397 bits per heavy atom. The Labute approximate surface area is 425 Å². The van der Waals surface area contributed by atoms with E-state index in [1.807, 2.05) is 6.08 Å². The number of rotatable bonds is 58. The van der Waals surface area contributed by atoms with Crippen LogP contribution in [0.1, 0.15) is 348 Å². The van der Waals surface area contributed by atoms with Crippen molar-refractivity contribution in [3.8, 4) is 0 Å². The van der Waals surface area contributed by atoms with Crippen molar-refractivity contribution < 1.29 is 24.5 Å². The van der Waals surface area contributed by atoms with Crippen LogP contribution in [-0.4, -0.2) is 47.4 Å². The van der Waals surface area contributed by atoms with Gasteiger partial charge in [0.2, 0.25) is 5.91 Å². The molecule has 0 bridgehead atoms. The second-order valence-electron chi connectivity index (χ2n) is 21.4. The molecule has 0 fully saturated rings. The smallest absolute Gasteiger partial charge is 0.305 e. The number of allylic oxidation sites excluding steroid dienone is 1. The summed E-state index contributed by atoms with van der Waals surface area (Å²) in [6.45, 7) is 4.91. The summed E-state index contributed by atoms with van der Waals surface area (Å²) in [5, 5.41) is 23.0. The number of carbonyl (C=O) groups excluding carboxylic acids is 2. The van der Waals surface area contributed by atoms with Gasteiger partial charge in [0.1, 0.15) is 0 Å². The normalized spacial score (nSPS) is 12.6.